The molecule has 0 aromatic carbocycles. The van der Waals surface area contributed by atoms with E-state index in [1.807, 2.05) is 6.92 Å². The SMILES string of the molecule is C[C@@H]1[C@H]2OC[C@H]3[C@@H]1C[C@H](O)C3(C)O2. The number of ether oxygens (including phenoxy) is 2. The lowest BCUT2D eigenvalue weighted by Gasteiger charge is -2.51. The number of rotatable bonds is 0. The van der Waals surface area contributed by atoms with Crippen LogP contribution in [0.15, 0.2) is 0 Å². The molecule has 3 aliphatic heterocycles. The molecule has 0 aromatic rings. The first-order valence-corrected chi connectivity index (χ1v) is 5.10. The van der Waals surface area contributed by atoms with Crippen LogP contribution in [-0.2, 0) is 9.47 Å². The predicted molar refractivity (Wildman–Crippen MR) is 46.0 cm³/mol. The number of hydrogen-bond acceptors (Lipinski definition) is 3. The topological polar surface area (TPSA) is 38.7 Å². The van der Waals surface area contributed by atoms with E-state index in [1.165, 1.54) is 0 Å². The average Bonchev–Trinajstić information content (AvgIpc) is 2.32. The summed E-state index contributed by atoms with van der Waals surface area (Å²) in [5, 5.41) is 9.92. The lowest BCUT2D eigenvalue weighted by atomic mass is 9.76. The van der Waals surface area contributed by atoms with Crippen LogP contribution in [0.2, 0.25) is 0 Å². The molecule has 3 nitrogen and oxygen atoms in total. The fourth-order valence-electron chi connectivity index (χ4n) is 3.31. The Balaban J connectivity index is 2.02. The van der Waals surface area contributed by atoms with Crippen LogP contribution in [0.4, 0.5) is 0 Å². The van der Waals surface area contributed by atoms with E-state index in [0.717, 1.165) is 13.0 Å². The number of aliphatic hydroxyl groups excluding tert-OH is 1. The summed E-state index contributed by atoms with van der Waals surface area (Å²) < 4.78 is 11.4. The molecular formula is C10H16O3. The molecule has 1 aliphatic carbocycles. The van der Waals surface area contributed by atoms with Gasteiger partial charge in [-0.1, -0.05) is 6.92 Å². The van der Waals surface area contributed by atoms with Crippen molar-refractivity contribution in [2.45, 2.75) is 38.3 Å². The van der Waals surface area contributed by atoms with Crippen LogP contribution in [0.25, 0.3) is 0 Å². The maximum absolute atomic E-state index is 9.92. The zero-order valence-corrected chi connectivity index (χ0v) is 8.06. The zero-order chi connectivity index (χ0) is 9.22. The van der Waals surface area contributed by atoms with Crippen LogP contribution in [0.3, 0.4) is 0 Å². The summed E-state index contributed by atoms with van der Waals surface area (Å²) >= 11 is 0. The molecule has 4 rings (SSSR count). The molecule has 1 N–H and O–H groups in total. The van der Waals surface area contributed by atoms with E-state index in [9.17, 15) is 5.11 Å². The van der Waals surface area contributed by atoms with Gasteiger partial charge in [-0.05, 0) is 19.3 Å². The molecule has 4 aliphatic rings. The first-order valence-electron chi connectivity index (χ1n) is 5.10. The van der Waals surface area contributed by atoms with Gasteiger partial charge >= 0.3 is 0 Å². The van der Waals surface area contributed by atoms with Crippen LogP contribution >= 0.6 is 0 Å². The molecule has 0 amide bonds. The fraction of sp³-hybridized carbons (Fsp3) is 1.00. The highest BCUT2D eigenvalue weighted by atomic mass is 16.7. The quantitative estimate of drug-likeness (QED) is 0.604. The summed E-state index contributed by atoms with van der Waals surface area (Å²) in [4.78, 5) is 0. The molecular weight excluding hydrogens is 168 g/mol. The van der Waals surface area contributed by atoms with Crippen molar-refractivity contribution in [3.8, 4) is 0 Å². The van der Waals surface area contributed by atoms with Gasteiger partial charge in [-0.3, -0.25) is 0 Å². The van der Waals surface area contributed by atoms with E-state index in [-0.39, 0.29) is 18.0 Å². The zero-order valence-electron chi connectivity index (χ0n) is 8.06. The lowest BCUT2D eigenvalue weighted by Crippen LogP contribution is -2.59. The minimum atomic E-state index is -0.319. The Morgan fingerprint density at radius 2 is 2.23 bits per heavy atom. The van der Waals surface area contributed by atoms with Gasteiger partial charge in [0.25, 0.3) is 0 Å². The second-order valence-electron chi connectivity index (χ2n) is 4.88. The first-order chi connectivity index (χ1) is 6.13. The van der Waals surface area contributed by atoms with Gasteiger partial charge in [-0.25, -0.2) is 0 Å². The van der Waals surface area contributed by atoms with Crippen LogP contribution in [0.5, 0.6) is 0 Å². The first kappa shape index (κ1) is 8.21. The Labute approximate surface area is 78.0 Å². The number of fused-ring (bicyclic) bond motifs is 1. The molecule has 3 heteroatoms. The van der Waals surface area contributed by atoms with Crippen molar-refractivity contribution in [1.29, 1.82) is 0 Å². The highest BCUT2D eigenvalue weighted by molar-refractivity contribution is 5.08. The van der Waals surface area contributed by atoms with E-state index in [4.69, 9.17) is 9.47 Å². The molecule has 4 fully saturated rings. The van der Waals surface area contributed by atoms with Crippen molar-refractivity contribution in [2.24, 2.45) is 17.8 Å². The summed E-state index contributed by atoms with van der Waals surface area (Å²) in [5.74, 6) is 1.46. The molecule has 1 saturated carbocycles. The normalized spacial score (nSPS) is 64.4. The van der Waals surface area contributed by atoms with Gasteiger partial charge in [0.15, 0.2) is 6.29 Å². The van der Waals surface area contributed by atoms with Gasteiger partial charge in [0.2, 0.25) is 0 Å². The third kappa shape index (κ3) is 0.808. The molecule has 4 bridgehead atoms. The minimum absolute atomic E-state index is 0.0721. The van der Waals surface area contributed by atoms with Crippen LogP contribution < -0.4 is 0 Å². The minimum Gasteiger partial charge on any atom is -0.390 e. The Morgan fingerprint density at radius 3 is 2.92 bits per heavy atom. The molecule has 3 heterocycles. The van der Waals surface area contributed by atoms with E-state index in [0.29, 0.717) is 17.8 Å². The van der Waals surface area contributed by atoms with Crippen LogP contribution in [0.1, 0.15) is 20.3 Å². The van der Waals surface area contributed by atoms with Gasteiger partial charge in [0.05, 0.1) is 18.3 Å². The monoisotopic (exact) mass is 184 g/mol. The van der Waals surface area contributed by atoms with Crippen molar-refractivity contribution in [3.05, 3.63) is 0 Å². The third-order valence-electron chi connectivity index (χ3n) is 4.32. The molecule has 6 atom stereocenters. The van der Waals surface area contributed by atoms with Gasteiger partial charge in [-0.15, -0.1) is 0 Å². The molecule has 1 unspecified atom stereocenters. The Kier molecular flexibility index (Phi) is 1.43. The van der Waals surface area contributed by atoms with Crippen molar-refractivity contribution in [3.63, 3.8) is 0 Å². The number of aliphatic hydroxyl groups is 1. The molecule has 13 heavy (non-hydrogen) atoms. The molecule has 0 spiro atoms. The largest absolute Gasteiger partial charge is 0.390 e. The van der Waals surface area contributed by atoms with E-state index >= 15 is 0 Å². The second kappa shape index (κ2) is 2.27. The van der Waals surface area contributed by atoms with Gasteiger partial charge in [0.1, 0.15) is 0 Å². The maximum Gasteiger partial charge on any atom is 0.161 e. The average molecular weight is 184 g/mol. The summed E-state index contributed by atoms with van der Waals surface area (Å²) in [5.41, 5.74) is -0.319. The van der Waals surface area contributed by atoms with Crippen molar-refractivity contribution in [1.82, 2.24) is 0 Å². The molecule has 3 saturated heterocycles. The van der Waals surface area contributed by atoms with Crippen molar-refractivity contribution in [2.75, 3.05) is 6.61 Å². The Bertz CT molecular complexity index is 242. The van der Waals surface area contributed by atoms with E-state index in [2.05, 4.69) is 6.92 Å². The highest BCUT2D eigenvalue weighted by Crippen LogP contribution is 2.55. The highest BCUT2D eigenvalue weighted by Gasteiger charge is 2.63. The predicted octanol–water partition coefficient (Wildman–Crippen LogP) is 0.765. The van der Waals surface area contributed by atoms with Crippen LogP contribution in [0, 0.1) is 17.8 Å². The maximum atomic E-state index is 9.92. The summed E-state index contributed by atoms with van der Waals surface area (Å²) in [6, 6.07) is 0. The van der Waals surface area contributed by atoms with E-state index < -0.39 is 0 Å². The van der Waals surface area contributed by atoms with Gasteiger partial charge in [-0.2, -0.15) is 0 Å². The van der Waals surface area contributed by atoms with Crippen LogP contribution in [-0.4, -0.2) is 29.7 Å². The smallest absolute Gasteiger partial charge is 0.161 e. The van der Waals surface area contributed by atoms with Gasteiger partial charge < -0.3 is 14.6 Å². The fourth-order valence-corrected chi connectivity index (χ4v) is 3.31. The standard InChI is InChI=1S/C10H16O3/c1-5-6-3-8(11)10(2)7(6)4-12-9(5)13-10/h5-9,11H,3-4H2,1-2H3/t5-,6+,7-,8-,9-,10?/m0/s1. The lowest BCUT2D eigenvalue weighted by molar-refractivity contribution is -0.337. The third-order valence-corrected chi connectivity index (χ3v) is 4.32. The molecule has 0 radical (unpaired) electrons. The summed E-state index contributed by atoms with van der Waals surface area (Å²) in [7, 11) is 0. The summed E-state index contributed by atoms with van der Waals surface area (Å²) in [6.07, 6.45) is 0.526. The number of hydrogen-bond donors (Lipinski definition) is 1. The van der Waals surface area contributed by atoms with Crippen molar-refractivity contribution < 1.29 is 14.6 Å². The Hall–Kier alpha value is -0.120. The van der Waals surface area contributed by atoms with Crippen molar-refractivity contribution >= 4 is 0 Å². The molecule has 0 aromatic heterocycles. The Morgan fingerprint density at radius 1 is 1.46 bits per heavy atom. The van der Waals surface area contributed by atoms with E-state index in [1.54, 1.807) is 0 Å². The summed E-state index contributed by atoms with van der Waals surface area (Å²) in [6.45, 7) is 4.97. The molecule has 74 valence electrons. The second-order valence-corrected chi connectivity index (χ2v) is 4.88. The van der Waals surface area contributed by atoms with Gasteiger partial charge in [0, 0.05) is 11.8 Å².